The first-order valence-electron chi connectivity index (χ1n) is 19.0. The summed E-state index contributed by atoms with van der Waals surface area (Å²) in [5, 5.41) is 2.17. The third-order valence-electron chi connectivity index (χ3n) is 12.1. The minimum Gasteiger partial charge on any atom is -0.456 e. The van der Waals surface area contributed by atoms with Gasteiger partial charge in [0, 0.05) is 38.3 Å². The molecular weight excluding hydrogens is 671 g/mol. The number of hydrogen-bond donors (Lipinski definition) is 0. The molecule has 11 rings (SSSR count). The maximum absolute atomic E-state index is 6.56. The first-order chi connectivity index (χ1) is 26.8. The second-order valence-electron chi connectivity index (χ2n) is 16.0. The number of furan rings is 1. The average molecular weight is 708 g/mol. The number of hydrogen-bond acceptors (Lipinski definition) is 4. The fraction of sp³-hybridized carbons (Fsp3) is 0.118. The van der Waals surface area contributed by atoms with Crippen molar-refractivity contribution in [1.29, 1.82) is 0 Å². The molecule has 0 N–H and O–H groups in total. The smallest absolute Gasteiger partial charge is 0.164 e. The lowest BCUT2D eigenvalue weighted by Crippen LogP contribution is -2.17. The zero-order chi connectivity index (χ0) is 37.1. The average Bonchev–Trinajstić information content (AvgIpc) is 3.80. The third-order valence-corrected chi connectivity index (χ3v) is 12.1. The maximum Gasteiger partial charge on any atom is 0.164 e. The molecule has 0 atom stereocenters. The molecule has 2 aliphatic rings. The van der Waals surface area contributed by atoms with Gasteiger partial charge in [-0.1, -0.05) is 155 Å². The van der Waals surface area contributed by atoms with E-state index in [4.69, 9.17) is 19.4 Å². The van der Waals surface area contributed by atoms with Crippen molar-refractivity contribution in [2.75, 3.05) is 0 Å². The van der Waals surface area contributed by atoms with Crippen LogP contribution in [0.25, 0.3) is 89.5 Å². The molecule has 2 aromatic heterocycles. The molecule has 9 aromatic rings. The number of nitrogens with zero attached hydrogens (tertiary/aromatic N) is 3. The molecule has 4 heteroatoms. The number of aromatic nitrogens is 3. The standard InChI is InChI=1S/C51H37N3O/c1-50(2)40-21-10-9-17-35(40)39-28-31(25-27-42(39)50)47-52-48(54-49(53-47)38-20-12-19-36-34-16-8-11-22-41(34)51(3,4)46(36)38)32-24-26-37-44(29-32)55-43-23-13-18-33(45(37)43)30-14-6-5-7-15-30/h5-29H,1-4H3. The highest BCUT2D eigenvalue weighted by molar-refractivity contribution is 6.13. The Bertz CT molecular complexity index is 3040. The van der Waals surface area contributed by atoms with Crippen LogP contribution >= 0.6 is 0 Å². The fourth-order valence-electron chi connectivity index (χ4n) is 9.47. The van der Waals surface area contributed by atoms with Crippen molar-refractivity contribution < 1.29 is 4.42 Å². The van der Waals surface area contributed by atoms with E-state index in [2.05, 4.69) is 167 Å². The Kier molecular flexibility index (Phi) is 6.61. The minimum absolute atomic E-state index is 0.0899. The van der Waals surface area contributed by atoms with Gasteiger partial charge in [0.05, 0.1) is 0 Å². The van der Waals surface area contributed by atoms with E-state index in [1.165, 1.54) is 44.5 Å². The van der Waals surface area contributed by atoms with Gasteiger partial charge in [-0.15, -0.1) is 0 Å². The van der Waals surface area contributed by atoms with Crippen LogP contribution < -0.4 is 0 Å². The quantitative estimate of drug-likeness (QED) is 0.183. The van der Waals surface area contributed by atoms with E-state index in [1.807, 2.05) is 12.1 Å². The Morgan fingerprint density at radius 3 is 1.73 bits per heavy atom. The number of benzene rings is 7. The Balaban J connectivity index is 1.13. The molecule has 262 valence electrons. The van der Waals surface area contributed by atoms with Gasteiger partial charge >= 0.3 is 0 Å². The summed E-state index contributed by atoms with van der Waals surface area (Å²) in [6.07, 6.45) is 0. The summed E-state index contributed by atoms with van der Waals surface area (Å²) in [7, 11) is 0. The molecule has 0 saturated heterocycles. The zero-order valence-electron chi connectivity index (χ0n) is 31.2. The molecule has 0 bridgehead atoms. The van der Waals surface area contributed by atoms with Crippen LogP contribution in [0, 0.1) is 0 Å². The summed E-state index contributed by atoms with van der Waals surface area (Å²) in [6.45, 7) is 9.23. The van der Waals surface area contributed by atoms with Crippen LogP contribution in [0.3, 0.4) is 0 Å². The lowest BCUT2D eigenvalue weighted by Gasteiger charge is -2.24. The molecule has 0 aliphatic heterocycles. The highest BCUT2D eigenvalue weighted by Crippen LogP contribution is 2.52. The Morgan fingerprint density at radius 2 is 0.945 bits per heavy atom. The van der Waals surface area contributed by atoms with Crippen molar-refractivity contribution in [3.8, 4) is 67.5 Å². The molecule has 0 radical (unpaired) electrons. The van der Waals surface area contributed by atoms with Crippen LogP contribution in [0.1, 0.15) is 49.9 Å². The van der Waals surface area contributed by atoms with Crippen molar-refractivity contribution in [3.63, 3.8) is 0 Å². The number of fused-ring (bicyclic) bond motifs is 9. The van der Waals surface area contributed by atoms with Gasteiger partial charge in [0.2, 0.25) is 0 Å². The SMILES string of the molecule is CC1(C)c2ccccc2-c2cc(-c3nc(-c4ccc5c(c4)oc4cccc(-c6ccccc6)c45)nc(-c4cccc5c4C(C)(C)c4ccccc4-5)n3)ccc21. The largest absolute Gasteiger partial charge is 0.456 e. The van der Waals surface area contributed by atoms with Gasteiger partial charge in [-0.2, -0.15) is 0 Å². The van der Waals surface area contributed by atoms with Gasteiger partial charge in [0.1, 0.15) is 11.2 Å². The van der Waals surface area contributed by atoms with E-state index in [-0.39, 0.29) is 10.8 Å². The van der Waals surface area contributed by atoms with E-state index in [0.29, 0.717) is 17.5 Å². The van der Waals surface area contributed by atoms with Gasteiger partial charge in [-0.3, -0.25) is 0 Å². The number of rotatable bonds is 4. The van der Waals surface area contributed by atoms with Crippen LogP contribution in [0.4, 0.5) is 0 Å². The van der Waals surface area contributed by atoms with Gasteiger partial charge in [0.15, 0.2) is 17.5 Å². The molecule has 4 nitrogen and oxygen atoms in total. The fourth-order valence-corrected chi connectivity index (χ4v) is 9.47. The summed E-state index contributed by atoms with van der Waals surface area (Å²) < 4.78 is 6.56. The zero-order valence-corrected chi connectivity index (χ0v) is 31.2. The Morgan fingerprint density at radius 1 is 0.382 bits per heavy atom. The predicted octanol–water partition coefficient (Wildman–Crippen LogP) is 13.1. The Labute approximate surface area is 320 Å². The molecule has 2 heterocycles. The molecule has 55 heavy (non-hydrogen) atoms. The molecule has 0 amide bonds. The monoisotopic (exact) mass is 707 g/mol. The topological polar surface area (TPSA) is 51.8 Å². The van der Waals surface area contributed by atoms with E-state index < -0.39 is 0 Å². The summed E-state index contributed by atoms with van der Waals surface area (Å²) >= 11 is 0. The van der Waals surface area contributed by atoms with Gasteiger partial charge in [-0.05, 0) is 79.9 Å². The summed E-state index contributed by atoms with van der Waals surface area (Å²) in [5.74, 6) is 1.92. The lowest BCUT2D eigenvalue weighted by atomic mass is 9.80. The molecule has 7 aromatic carbocycles. The summed E-state index contributed by atoms with van der Waals surface area (Å²) in [5.41, 5.74) is 16.7. The second-order valence-corrected chi connectivity index (χ2v) is 16.0. The van der Waals surface area contributed by atoms with E-state index >= 15 is 0 Å². The predicted molar refractivity (Wildman–Crippen MR) is 224 cm³/mol. The van der Waals surface area contributed by atoms with Crippen molar-refractivity contribution in [3.05, 3.63) is 174 Å². The van der Waals surface area contributed by atoms with Gasteiger partial charge in [0.25, 0.3) is 0 Å². The van der Waals surface area contributed by atoms with Crippen molar-refractivity contribution in [2.24, 2.45) is 0 Å². The van der Waals surface area contributed by atoms with Crippen molar-refractivity contribution in [1.82, 2.24) is 15.0 Å². The van der Waals surface area contributed by atoms with Crippen LogP contribution in [-0.4, -0.2) is 15.0 Å². The van der Waals surface area contributed by atoms with E-state index in [0.717, 1.165) is 49.8 Å². The molecule has 0 unspecified atom stereocenters. The third kappa shape index (κ3) is 4.61. The highest BCUT2D eigenvalue weighted by Gasteiger charge is 2.38. The van der Waals surface area contributed by atoms with Crippen LogP contribution in [0.15, 0.2) is 156 Å². The van der Waals surface area contributed by atoms with Crippen molar-refractivity contribution >= 4 is 21.9 Å². The van der Waals surface area contributed by atoms with Crippen LogP contribution in [0.2, 0.25) is 0 Å². The molecule has 0 saturated carbocycles. The minimum atomic E-state index is -0.234. The maximum atomic E-state index is 6.56. The highest BCUT2D eigenvalue weighted by atomic mass is 16.3. The summed E-state index contributed by atoms with van der Waals surface area (Å²) in [4.78, 5) is 15.9. The molecule has 0 fully saturated rings. The van der Waals surface area contributed by atoms with E-state index in [1.54, 1.807) is 0 Å². The Hall–Kier alpha value is -6.65. The molecule has 2 aliphatic carbocycles. The molecular formula is C51H37N3O. The van der Waals surface area contributed by atoms with Crippen LogP contribution in [-0.2, 0) is 10.8 Å². The first kappa shape index (κ1) is 31.8. The summed E-state index contributed by atoms with van der Waals surface area (Å²) in [6, 6.07) is 53.9. The van der Waals surface area contributed by atoms with Gasteiger partial charge < -0.3 is 4.42 Å². The van der Waals surface area contributed by atoms with E-state index in [9.17, 15) is 0 Å². The van der Waals surface area contributed by atoms with Gasteiger partial charge in [-0.25, -0.2) is 15.0 Å². The second kappa shape index (κ2) is 11.4. The normalized spacial score (nSPS) is 14.5. The van der Waals surface area contributed by atoms with Crippen molar-refractivity contribution in [2.45, 2.75) is 38.5 Å². The first-order valence-corrected chi connectivity index (χ1v) is 19.0. The van der Waals surface area contributed by atoms with Crippen LogP contribution in [0.5, 0.6) is 0 Å². The molecule has 0 spiro atoms. The lowest BCUT2D eigenvalue weighted by molar-refractivity contribution is 0.660.